The summed E-state index contributed by atoms with van der Waals surface area (Å²) in [4.78, 5) is 0. The molecule has 0 saturated carbocycles. The predicted molar refractivity (Wildman–Crippen MR) is 89.2 cm³/mol. The Balaban J connectivity index is 1.32. The minimum atomic E-state index is 0.261. The Labute approximate surface area is 138 Å². The van der Waals surface area contributed by atoms with Gasteiger partial charge >= 0.3 is 0 Å². The van der Waals surface area contributed by atoms with Gasteiger partial charge in [-0.05, 0) is 25.0 Å². The molecule has 3 aromatic rings. The van der Waals surface area contributed by atoms with Gasteiger partial charge in [0.25, 0.3) is 0 Å². The summed E-state index contributed by atoms with van der Waals surface area (Å²) in [6.07, 6.45) is 1.86. The van der Waals surface area contributed by atoms with Crippen LogP contribution in [0, 0.1) is 0 Å². The van der Waals surface area contributed by atoms with Crippen LogP contribution in [0.3, 0.4) is 0 Å². The van der Waals surface area contributed by atoms with Crippen LogP contribution in [-0.4, -0.2) is 28.4 Å². The monoisotopic (exact) mass is 326 g/mol. The average molecular weight is 326 g/mol. The van der Waals surface area contributed by atoms with Gasteiger partial charge < -0.3 is 19.9 Å². The minimum absolute atomic E-state index is 0.261. The van der Waals surface area contributed by atoms with Crippen LogP contribution in [0.25, 0.3) is 11.0 Å². The quantitative estimate of drug-likeness (QED) is 0.554. The maximum absolute atomic E-state index is 5.73. The van der Waals surface area contributed by atoms with E-state index in [0.717, 1.165) is 47.7 Å². The SMILES string of the molecule is Nc1cccc(OCCCCn2nnc3cc4c(cc32)OCO4)c1. The van der Waals surface area contributed by atoms with Gasteiger partial charge in [-0.1, -0.05) is 11.3 Å². The molecule has 7 nitrogen and oxygen atoms in total. The van der Waals surface area contributed by atoms with E-state index < -0.39 is 0 Å². The maximum atomic E-state index is 5.73. The van der Waals surface area contributed by atoms with Gasteiger partial charge in [-0.2, -0.15) is 0 Å². The molecular weight excluding hydrogens is 308 g/mol. The number of aromatic nitrogens is 3. The Hall–Kier alpha value is -2.96. The lowest BCUT2D eigenvalue weighted by Gasteiger charge is -2.07. The minimum Gasteiger partial charge on any atom is -0.494 e. The summed E-state index contributed by atoms with van der Waals surface area (Å²) in [6.45, 7) is 1.68. The van der Waals surface area contributed by atoms with Crippen LogP contribution in [-0.2, 0) is 6.54 Å². The van der Waals surface area contributed by atoms with Gasteiger partial charge in [0.05, 0.1) is 12.1 Å². The third-order valence-electron chi connectivity index (χ3n) is 3.90. The molecule has 0 amide bonds. The Kier molecular flexibility index (Phi) is 3.82. The molecule has 0 unspecified atom stereocenters. The number of nitrogen functional groups attached to an aromatic ring is 1. The lowest BCUT2D eigenvalue weighted by molar-refractivity contribution is 0.174. The standard InChI is InChI=1S/C17H18N4O3/c18-12-4-3-5-13(8-12)22-7-2-1-6-21-15-10-17-16(23-11-24-17)9-14(15)19-20-21/h3-5,8-10H,1-2,6-7,11,18H2. The van der Waals surface area contributed by atoms with E-state index in [2.05, 4.69) is 10.3 Å². The lowest BCUT2D eigenvalue weighted by Crippen LogP contribution is -2.04. The van der Waals surface area contributed by atoms with Gasteiger partial charge in [0.15, 0.2) is 11.5 Å². The van der Waals surface area contributed by atoms with Crippen LogP contribution in [0.4, 0.5) is 5.69 Å². The number of ether oxygens (including phenoxy) is 3. The summed E-state index contributed by atoms with van der Waals surface area (Å²) in [5.41, 5.74) is 8.21. The van der Waals surface area contributed by atoms with Crippen molar-refractivity contribution in [1.29, 1.82) is 0 Å². The number of anilines is 1. The van der Waals surface area contributed by atoms with E-state index in [1.165, 1.54) is 0 Å². The van der Waals surface area contributed by atoms with Crippen molar-refractivity contribution in [3.05, 3.63) is 36.4 Å². The Bertz CT molecular complexity index is 862. The molecule has 2 heterocycles. The van der Waals surface area contributed by atoms with E-state index >= 15 is 0 Å². The zero-order valence-electron chi connectivity index (χ0n) is 13.1. The second kappa shape index (κ2) is 6.27. The van der Waals surface area contributed by atoms with Crippen LogP contribution in [0.15, 0.2) is 36.4 Å². The maximum Gasteiger partial charge on any atom is 0.231 e. The van der Waals surface area contributed by atoms with E-state index in [-0.39, 0.29) is 6.79 Å². The number of hydrogen-bond acceptors (Lipinski definition) is 6. The molecule has 0 radical (unpaired) electrons. The molecule has 124 valence electrons. The first-order valence-corrected chi connectivity index (χ1v) is 7.91. The number of rotatable bonds is 6. The molecule has 1 aliphatic heterocycles. The van der Waals surface area contributed by atoms with Crippen molar-refractivity contribution in [3.63, 3.8) is 0 Å². The number of unbranched alkanes of at least 4 members (excludes halogenated alkanes) is 1. The summed E-state index contributed by atoms with van der Waals surface area (Å²) in [7, 11) is 0. The highest BCUT2D eigenvalue weighted by Crippen LogP contribution is 2.35. The summed E-state index contributed by atoms with van der Waals surface area (Å²) < 4.78 is 18.3. The zero-order valence-corrected chi connectivity index (χ0v) is 13.1. The molecule has 24 heavy (non-hydrogen) atoms. The van der Waals surface area contributed by atoms with Gasteiger partial charge in [-0.3, -0.25) is 0 Å². The number of fused-ring (bicyclic) bond motifs is 2. The van der Waals surface area contributed by atoms with Gasteiger partial charge in [0.1, 0.15) is 11.3 Å². The molecule has 0 saturated heterocycles. The van der Waals surface area contributed by atoms with Crippen molar-refractivity contribution in [2.24, 2.45) is 0 Å². The number of hydrogen-bond donors (Lipinski definition) is 1. The topological polar surface area (TPSA) is 84.4 Å². The van der Waals surface area contributed by atoms with Crippen LogP contribution < -0.4 is 19.9 Å². The molecule has 2 N–H and O–H groups in total. The van der Waals surface area contributed by atoms with E-state index in [0.29, 0.717) is 12.3 Å². The van der Waals surface area contributed by atoms with Crippen LogP contribution >= 0.6 is 0 Å². The Morgan fingerprint density at radius 1 is 1.12 bits per heavy atom. The molecule has 0 aliphatic carbocycles. The molecule has 0 atom stereocenters. The highest BCUT2D eigenvalue weighted by atomic mass is 16.7. The summed E-state index contributed by atoms with van der Waals surface area (Å²) >= 11 is 0. The number of benzene rings is 2. The molecule has 4 rings (SSSR count). The molecule has 7 heteroatoms. The highest BCUT2D eigenvalue weighted by Gasteiger charge is 2.17. The van der Waals surface area contributed by atoms with Crippen molar-refractivity contribution in [2.75, 3.05) is 19.1 Å². The summed E-state index contributed by atoms with van der Waals surface area (Å²) in [5, 5.41) is 8.39. The third kappa shape index (κ3) is 2.92. The Morgan fingerprint density at radius 3 is 2.88 bits per heavy atom. The molecule has 1 aliphatic rings. The normalized spacial score (nSPS) is 12.7. The van der Waals surface area contributed by atoms with Crippen molar-refractivity contribution >= 4 is 16.7 Å². The Morgan fingerprint density at radius 2 is 2.00 bits per heavy atom. The number of nitrogens with zero attached hydrogens (tertiary/aromatic N) is 3. The second-order valence-electron chi connectivity index (χ2n) is 5.63. The fourth-order valence-corrected chi connectivity index (χ4v) is 2.68. The third-order valence-corrected chi connectivity index (χ3v) is 3.90. The fraction of sp³-hybridized carbons (Fsp3) is 0.294. The zero-order chi connectivity index (χ0) is 16.4. The lowest BCUT2D eigenvalue weighted by atomic mass is 10.2. The van der Waals surface area contributed by atoms with Gasteiger partial charge in [0, 0.05) is 30.4 Å². The average Bonchev–Trinajstić information content (AvgIpc) is 3.19. The van der Waals surface area contributed by atoms with Crippen molar-refractivity contribution in [1.82, 2.24) is 15.0 Å². The first-order valence-electron chi connectivity index (χ1n) is 7.91. The molecule has 0 bridgehead atoms. The first-order chi connectivity index (χ1) is 11.8. The molecule has 2 aromatic carbocycles. The summed E-state index contributed by atoms with van der Waals surface area (Å²) in [5.74, 6) is 2.27. The van der Waals surface area contributed by atoms with E-state index in [9.17, 15) is 0 Å². The fourth-order valence-electron chi connectivity index (χ4n) is 2.68. The first kappa shape index (κ1) is 14.6. The second-order valence-corrected chi connectivity index (χ2v) is 5.63. The van der Waals surface area contributed by atoms with Crippen LogP contribution in [0.1, 0.15) is 12.8 Å². The molecular formula is C17H18N4O3. The predicted octanol–water partition coefficient (Wildman–Crippen LogP) is 2.60. The van der Waals surface area contributed by atoms with Crippen molar-refractivity contribution < 1.29 is 14.2 Å². The van der Waals surface area contributed by atoms with E-state index in [1.54, 1.807) is 0 Å². The van der Waals surface area contributed by atoms with Gasteiger partial charge in [0.2, 0.25) is 6.79 Å². The number of nitrogens with two attached hydrogens (primary N) is 1. The number of aryl methyl sites for hydroxylation is 1. The smallest absolute Gasteiger partial charge is 0.231 e. The van der Waals surface area contributed by atoms with E-state index in [4.69, 9.17) is 19.9 Å². The van der Waals surface area contributed by atoms with Gasteiger partial charge in [-0.25, -0.2) is 4.68 Å². The van der Waals surface area contributed by atoms with E-state index in [1.807, 2.05) is 41.1 Å². The molecule has 0 fully saturated rings. The summed E-state index contributed by atoms with van der Waals surface area (Å²) in [6, 6.07) is 11.3. The van der Waals surface area contributed by atoms with Crippen molar-refractivity contribution in [3.8, 4) is 17.2 Å². The van der Waals surface area contributed by atoms with Crippen LogP contribution in [0.5, 0.6) is 17.2 Å². The molecule has 1 aromatic heterocycles. The largest absolute Gasteiger partial charge is 0.494 e. The van der Waals surface area contributed by atoms with Crippen molar-refractivity contribution in [2.45, 2.75) is 19.4 Å². The van der Waals surface area contributed by atoms with Gasteiger partial charge in [-0.15, -0.1) is 5.10 Å². The van der Waals surface area contributed by atoms with Crippen LogP contribution in [0.2, 0.25) is 0 Å². The highest BCUT2D eigenvalue weighted by molar-refractivity contribution is 5.79. The molecule has 0 spiro atoms.